The first kappa shape index (κ1) is 20.8. The topological polar surface area (TPSA) is 50.1 Å². The van der Waals surface area contributed by atoms with Crippen molar-refractivity contribution >= 4 is 17.3 Å². The summed E-state index contributed by atoms with van der Waals surface area (Å²) < 4.78 is 15.0. The van der Waals surface area contributed by atoms with Crippen LogP contribution in [0.4, 0.5) is 10.1 Å². The molecule has 4 rings (SSSR count). The third kappa shape index (κ3) is 4.47. The molecule has 1 aromatic heterocycles. The number of halogens is 2. The van der Waals surface area contributed by atoms with Crippen LogP contribution in [0.2, 0.25) is 5.02 Å². The maximum atomic E-state index is 13.2. The number of rotatable bonds is 6. The summed E-state index contributed by atoms with van der Waals surface area (Å²) in [7, 11) is 0. The Labute approximate surface area is 181 Å². The molecule has 1 aliphatic rings. The van der Waals surface area contributed by atoms with Crippen molar-refractivity contribution < 1.29 is 4.39 Å². The summed E-state index contributed by atoms with van der Waals surface area (Å²) in [4.78, 5) is 4.84. The summed E-state index contributed by atoms with van der Waals surface area (Å²) in [5, 5.41) is 13.2. The zero-order chi connectivity index (χ0) is 21.1. The van der Waals surface area contributed by atoms with Crippen LogP contribution in [0.15, 0.2) is 42.5 Å². The van der Waals surface area contributed by atoms with Crippen molar-refractivity contribution in [2.45, 2.75) is 32.9 Å². The monoisotopic (exact) mass is 428 g/mol. The Kier molecular flexibility index (Phi) is 6.29. The Morgan fingerprint density at radius 2 is 1.80 bits per heavy atom. The fourth-order valence-corrected chi connectivity index (χ4v) is 4.29. The van der Waals surface area contributed by atoms with Gasteiger partial charge in [0.05, 0.1) is 12.6 Å². The number of aryl methyl sites for hydroxylation is 1. The lowest BCUT2D eigenvalue weighted by Crippen LogP contribution is -2.48. The highest BCUT2D eigenvalue weighted by molar-refractivity contribution is 6.30. The normalized spacial score (nSPS) is 16.1. The van der Waals surface area contributed by atoms with Gasteiger partial charge in [-0.2, -0.15) is 0 Å². The van der Waals surface area contributed by atoms with Gasteiger partial charge in [-0.1, -0.05) is 36.7 Å². The van der Waals surface area contributed by atoms with Gasteiger partial charge in [-0.3, -0.25) is 4.90 Å². The number of hydrogen-bond donors (Lipinski definition) is 0. The number of aromatic nitrogens is 4. The number of benzene rings is 2. The van der Waals surface area contributed by atoms with E-state index in [9.17, 15) is 4.39 Å². The first-order valence-corrected chi connectivity index (χ1v) is 10.7. The molecule has 0 bridgehead atoms. The van der Waals surface area contributed by atoms with E-state index in [2.05, 4.69) is 45.2 Å². The molecular formula is C22H26ClFN6. The van der Waals surface area contributed by atoms with Crippen molar-refractivity contribution in [2.75, 3.05) is 31.1 Å². The van der Waals surface area contributed by atoms with Crippen LogP contribution in [-0.4, -0.2) is 51.3 Å². The van der Waals surface area contributed by atoms with Crippen LogP contribution in [0.1, 0.15) is 36.3 Å². The average molecular weight is 429 g/mol. The molecule has 6 nitrogen and oxygen atoms in total. The fourth-order valence-electron chi connectivity index (χ4n) is 4.13. The maximum absolute atomic E-state index is 13.2. The van der Waals surface area contributed by atoms with E-state index in [4.69, 9.17) is 11.6 Å². The summed E-state index contributed by atoms with van der Waals surface area (Å²) in [6.07, 6.45) is 0.917. The van der Waals surface area contributed by atoms with Crippen molar-refractivity contribution in [3.05, 3.63) is 70.3 Å². The van der Waals surface area contributed by atoms with Gasteiger partial charge in [0.25, 0.3) is 0 Å². The average Bonchev–Trinajstić information content (AvgIpc) is 3.20. The van der Waals surface area contributed by atoms with E-state index in [1.54, 1.807) is 12.1 Å². The lowest BCUT2D eigenvalue weighted by Gasteiger charge is -2.40. The molecule has 158 valence electrons. The number of anilines is 1. The first-order valence-electron chi connectivity index (χ1n) is 10.3. The summed E-state index contributed by atoms with van der Waals surface area (Å²) in [6.45, 7) is 8.52. The van der Waals surface area contributed by atoms with E-state index in [1.807, 2.05) is 16.8 Å². The summed E-state index contributed by atoms with van der Waals surface area (Å²) >= 11 is 6.21. The van der Waals surface area contributed by atoms with E-state index in [1.165, 1.54) is 23.4 Å². The molecule has 0 N–H and O–H groups in total. The zero-order valence-corrected chi connectivity index (χ0v) is 18.1. The Balaban J connectivity index is 1.46. The SMILES string of the molecule is CC[C@@H](c1nnnn1Cc1ccc(F)cc1)N1CCN(c2cc(Cl)ccc2C)CC1. The van der Waals surface area contributed by atoms with Crippen LogP contribution in [0.25, 0.3) is 0 Å². The highest BCUT2D eigenvalue weighted by Crippen LogP contribution is 2.28. The zero-order valence-electron chi connectivity index (χ0n) is 17.3. The third-order valence-electron chi connectivity index (χ3n) is 5.76. The molecule has 8 heteroatoms. The molecule has 2 heterocycles. The molecule has 1 fully saturated rings. The second-order valence-electron chi connectivity index (χ2n) is 7.70. The Morgan fingerprint density at radius 1 is 1.07 bits per heavy atom. The standard InChI is InChI=1S/C22H26ClFN6/c1-3-20(22-25-26-27-30(22)15-17-5-8-19(24)9-6-17)28-10-12-29(13-11-28)21-14-18(23)7-4-16(21)2/h4-9,14,20H,3,10-13,15H2,1-2H3/t20-/m0/s1. The molecule has 1 aliphatic heterocycles. The molecule has 1 atom stereocenters. The van der Waals surface area contributed by atoms with Crippen LogP contribution in [0.3, 0.4) is 0 Å². The van der Waals surface area contributed by atoms with Crippen LogP contribution >= 0.6 is 11.6 Å². The van der Waals surface area contributed by atoms with Crippen LogP contribution in [0, 0.1) is 12.7 Å². The van der Waals surface area contributed by atoms with Gasteiger partial charge in [-0.25, -0.2) is 9.07 Å². The van der Waals surface area contributed by atoms with Crippen molar-refractivity contribution in [3.63, 3.8) is 0 Å². The molecule has 0 saturated carbocycles. The quantitative estimate of drug-likeness (QED) is 0.591. The minimum Gasteiger partial charge on any atom is -0.369 e. The minimum absolute atomic E-state index is 0.142. The second kappa shape index (κ2) is 9.10. The Bertz CT molecular complexity index is 982. The van der Waals surface area contributed by atoms with Gasteiger partial charge < -0.3 is 4.90 Å². The van der Waals surface area contributed by atoms with Gasteiger partial charge in [0.1, 0.15) is 5.82 Å². The number of piperazine rings is 1. The van der Waals surface area contributed by atoms with Crippen molar-refractivity contribution in [1.29, 1.82) is 0 Å². The van der Waals surface area contributed by atoms with Gasteiger partial charge in [0.15, 0.2) is 5.82 Å². The van der Waals surface area contributed by atoms with E-state index >= 15 is 0 Å². The van der Waals surface area contributed by atoms with E-state index in [0.29, 0.717) is 6.54 Å². The second-order valence-corrected chi connectivity index (χ2v) is 8.14. The highest BCUT2D eigenvalue weighted by atomic mass is 35.5. The smallest absolute Gasteiger partial charge is 0.168 e. The summed E-state index contributed by atoms with van der Waals surface area (Å²) in [5.41, 5.74) is 3.42. The minimum atomic E-state index is -0.241. The summed E-state index contributed by atoms with van der Waals surface area (Å²) in [6, 6.07) is 12.7. The molecule has 1 saturated heterocycles. The molecule has 0 spiro atoms. The molecule has 0 aliphatic carbocycles. The number of hydrogen-bond acceptors (Lipinski definition) is 5. The fraction of sp³-hybridized carbons (Fsp3) is 0.409. The predicted molar refractivity (Wildman–Crippen MR) is 116 cm³/mol. The Hall–Kier alpha value is -2.51. The lowest BCUT2D eigenvalue weighted by molar-refractivity contribution is 0.169. The largest absolute Gasteiger partial charge is 0.369 e. The van der Waals surface area contributed by atoms with Gasteiger partial charge in [-0.15, -0.1) is 5.10 Å². The first-order chi connectivity index (χ1) is 14.5. The van der Waals surface area contributed by atoms with E-state index < -0.39 is 0 Å². The van der Waals surface area contributed by atoms with Crippen molar-refractivity contribution in [3.8, 4) is 0 Å². The van der Waals surface area contributed by atoms with Crippen LogP contribution in [-0.2, 0) is 6.54 Å². The molecule has 30 heavy (non-hydrogen) atoms. The van der Waals surface area contributed by atoms with Gasteiger partial charge in [0, 0.05) is 36.9 Å². The van der Waals surface area contributed by atoms with E-state index in [-0.39, 0.29) is 11.9 Å². The number of tetrazole rings is 1. The van der Waals surface area contributed by atoms with E-state index in [0.717, 1.165) is 49.0 Å². The van der Waals surface area contributed by atoms with Gasteiger partial charge in [0.2, 0.25) is 0 Å². The van der Waals surface area contributed by atoms with Gasteiger partial charge >= 0.3 is 0 Å². The molecule has 3 aromatic rings. The van der Waals surface area contributed by atoms with Crippen LogP contribution < -0.4 is 4.90 Å². The maximum Gasteiger partial charge on any atom is 0.168 e. The van der Waals surface area contributed by atoms with Crippen LogP contribution in [0.5, 0.6) is 0 Å². The van der Waals surface area contributed by atoms with Crippen molar-refractivity contribution in [2.24, 2.45) is 0 Å². The van der Waals surface area contributed by atoms with Crippen molar-refractivity contribution in [1.82, 2.24) is 25.1 Å². The lowest BCUT2D eigenvalue weighted by atomic mass is 10.1. The molecule has 0 amide bonds. The highest BCUT2D eigenvalue weighted by Gasteiger charge is 2.28. The molecule has 0 unspecified atom stereocenters. The summed E-state index contributed by atoms with van der Waals surface area (Å²) in [5.74, 6) is 0.615. The molecule has 2 aromatic carbocycles. The third-order valence-corrected chi connectivity index (χ3v) is 5.99. The molecule has 0 radical (unpaired) electrons. The Morgan fingerprint density at radius 3 is 2.50 bits per heavy atom. The molecular weight excluding hydrogens is 403 g/mol. The predicted octanol–water partition coefficient (Wildman–Crippen LogP) is 4.10. The van der Waals surface area contributed by atoms with Gasteiger partial charge in [-0.05, 0) is 59.2 Å². The number of nitrogens with zero attached hydrogens (tertiary/aromatic N) is 6.